The van der Waals surface area contributed by atoms with Crippen molar-refractivity contribution >= 4 is 12.2 Å². The third kappa shape index (κ3) is 3.32. The number of hydrogen-bond acceptors (Lipinski definition) is 2. The lowest BCUT2D eigenvalue weighted by Crippen LogP contribution is -2.39. The SMILES string of the molecule is CC(C)(C)C(=O)C1CCCCC1CNC=O. The molecule has 1 fully saturated rings. The van der Waals surface area contributed by atoms with E-state index in [1.165, 1.54) is 6.42 Å². The summed E-state index contributed by atoms with van der Waals surface area (Å²) in [5.41, 5.74) is -0.262. The second-order valence-corrected chi connectivity index (χ2v) is 5.79. The van der Waals surface area contributed by atoms with E-state index in [0.717, 1.165) is 25.7 Å². The van der Waals surface area contributed by atoms with Gasteiger partial charge in [-0.15, -0.1) is 0 Å². The van der Waals surface area contributed by atoms with Crippen LogP contribution in [0.25, 0.3) is 0 Å². The predicted octanol–water partition coefficient (Wildman–Crippen LogP) is 2.15. The average molecular weight is 225 g/mol. The highest BCUT2D eigenvalue weighted by molar-refractivity contribution is 5.86. The molecule has 0 aromatic carbocycles. The molecule has 3 nitrogen and oxygen atoms in total. The molecule has 2 atom stereocenters. The van der Waals surface area contributed by atoms with Gasteiger partial charge in [-0.05, 0) is 18.8 Å². The Kier molecular flexibility index (Phi) is 4.51. The van der Waals surface area contributed by atoms with Crippen LogP contribution in [-0.2, 0) is 9.59 Å². The van der Waals surface area contributed by atoms with E-state index in [1.54, 1.807) is 0 Å². The molecule has 1 N–H and O–H groups in total. The number of rotatable bonds is 4. The molecule has 92 valence electrons. The lowest BCUT2D eigenvalue weighted by atomic mass is 9.70. The topological polar surface area (TPSA) is 46.2 Å². The second kappa shape index (κ2) is 5.46. The standard InChI is InChI=1S/C13H23NO2/c1-13(2,3)12(16)11-7-5-4-6-10(11)8-14-9-15/h9-11H,4-8H2,1-3H3,(H,14,15). The smallest absolute Gasteiger partial charge is 0.207 e. The summed E-state index contributed by atoms with van der Waals surface area (Å²) < 4.78 is 0. The zero-order valence-corrected chi connectivity index (χ0v) is 10.6. The molecule has 0 aliphatic heterocycles. The minimum atomic E-state index is -0.262. The Balaban J connectivity index is 2.66. The van der Waals surface area contributed by atoms with E-state index in [1.807, 2.05) is 20.8 Å². The Bertz CT molecular complexity index is 255. The van der Waals surface area contributed by atoms with Gasteiger partial charge in [0.2, 0.25) is 6.41 Å². The van der Waals surface area contributed by atoms with E-state index in [0.29, 0.717) is 18.2 Å². The second-order valence-electron chi connectivity index (χ2n) is 5.79. The van der Waals surface area contributed by atoms with Gasteiger partial charge in [0.1, 0.15) is 5.78 Å². The fraction of sp³-hybridized carbons (Fsp3) is 0.846. The van der Waals surface area contributed by atoms with E-state index >= 15 is 0 Å². The third-order valence-corrected chi connectivity index (χ3v) is 3.45. The molecule has 0 saturated heterocycles. The van der Waals surface area contributed by atoms with Gasteiger partial charge in [0.15, 0.2) is 0 Å². The van der Waals surface area contributed by atoms with Gasteiger partial charge in [0.25, 0.3) is 0 Å². The molecule has 1 saturated carbocycles. The maximum atomic E-state index is 12.3. The third-order valence-electron chi connectivity index (χ3n) is 3.45. The van der Waals surface area contributed by atoms with Crippen LogP contribution < -0.4 is 5.32 Å². The first kappa shape index (κ1) is 13.2. The van der Waals surface area contributed by atoms with E-state index in [4.69, 9.17) is 0 Å². The summed E-state index contributed by atoms with van der Waals surface area (Å²) in [4.78, 5) is 22.6. The highest BCUT2D eigenvalue weighted by Crippen LogP contribution is 2.35. The number of amides is 1. The van der Waals surface area contributed by atoms with Crippen LogP contribution in [0.3, 0.4) is 0 Å². The van der Waals surface area contributed by atoms with Crippen LogP contribution >= 0.6 is 0 Å². The van der Waals surface area contributed by atoms with Crippen LogP contribution in [0.4, 0.5) is 0 Å². The van der Waals surface area contributed by atoms with Gasteiger partial charge in [-0.25, -0.2) is 0 Å². The van der Waals surface area contributed by atoms with E-state index in [2.05, 4.69) is 5.32 Å². The molecule has 0 radical (unpaired) electrons. The molecule has 1 rings (SSSR count). The number of nitrogens with one attached hydrogen (secondary N) is 1. The molecule has 2 unspecified atom stereocenters. The van der Waals surface area contributed by atoms with Gasteiger partial charge >= 0.3 is 0 Å². The summed E-state index contributed by atoms with van der Waals surface area (Å²) in [6, 6.07) is 0. The Morgan fingerprint density at radius 1 is 1.31 bits per heavy atom. The van der Waals surface area contributed by atoms with Crippen LogP contribution in [0.1, 0.15) is 46.5 Å². The van der Waals surface area contributed by atoms with Crippen LogP contribution in [0.15, 0.2) is 0 Å². The van der Waals surface area contributed by atoms with E-state index < -0.39 is 0 Å². The molecule has 16 heavy (non-hydrogen) atoms. The Morgan fingerprint density at radius 2 is 1.94 bits per heavy atom. The number of hydrogen-bond donors (Lipinski definition) is 1. The summed E-state index contributed by atoms with van der Waals surface area (Å²) >= 11 is 0. The summed E-state index contributed by atoms with van der Waals surface area (Å²) in [5, 5.41) is 2.72. The summed E-state index contributed by atoms with van der Waals surface area (Å²) in [6.07, 6.45) is 5.10. The molecular formula is C13H23NO2. The Morgan fingerprint density at radius 3 is 2.50 bits per heavy atom. The van der Waals surface area contributed by atoms with Crippen LogP contribution in [0, 0.1) is 17.3 Å². The number of Topliss-reactive ketones (excluding diaryl/α,β-unsaturated/α-hetero) is 1. The molecule has 1 aliphatic rings. The van der Waals surface area contributed by atoms with Crippen LogP contribution in [0.5, 0.6) is 0 Å². The van der Waals surface area contributed by atoms with Crippen LogP contribution in [-0.4, -0.2) is 18.7 Å². The van der Waals surface area contributed by atoms with Gasteiger partial charge in [0.05, 0.1) is 0 Å². The fourth-order valence-electron chi connectivity index (χ4n) is 2.55. The lowest BCUT2D eigenvalue weighted by molar-refractivity contribution is -0.133. The molecule has 0 spiro atoms. The fourth-order valence-corrected chi connectivity index (χ4v) is 2.55. The molecule has 0 bridgehead atoms. The maximum absolute atomic E-state index is 12.3. The van der Waals surface area contributed by atoms with Crippen molar-refractivity contribution < 1.29 is 9.59 Å². The highest BCUT2D eigenvalue weighted by Gasteiger charge is 2.36. The van der Waals surface area contributed by atoms with Gasteiger partial charge in [0, 0.05) is 17.9 Å². The van der Waals surface area contributed by atoms with E-state index in [9.17, 15) is 9.59 Å². The molecule has 1 amide bonds. The van der Waals surface area contributed by atoms with Crippen molar-refractivity contribution in [3.05, 3.63) is 0 Å². The van der Waals surface area contributed by atoms with Crippen molar-refractivity contribution in [1.29, 1.82) is 0 Å². The molecule has 3 heteroatoms. The summed E-state index contributed by atoms with van der Waals surface area (Å²) in [5.74, 6) is 0.830. The molecule has 0 aromatic rings. The Hall–Kier alpha value is -0.860. The normalized spacial score (nSPS) is 26.2. The van der Waals surface area contributed by atoms with Gasteiger partial charge in [-0.3, -0.25) is 9.59 Å². The van der Waals surface area contributed by atoms with Gasteiger partial charge < -0.3 is 5.32 Å². The van der Waals surface area contributed by atoms with Crippen molar-refractivity contribution in [3.8, 4) is 0 Å². The monoisotopic (exact) mass is 225 g/mol. The maximum Gasteiger partial charge on any atom is 0.207 e. The summed E-state index contributed by atoms with van der Waals surface area (Å²) in [6.45, 7) is 6.59. The number of carbonyl (C=O) groups is 2. The summed E-state index contributed by atoms with van der Waals surface area (Å²) in [7, 11) is 0. The largest absolute Gasteiger partial charge is 0.358 e. The Labute approximate surface area is 98.0 Å². The minimum Gasteiger partial charge on any atom is -0.358 e. The first-order valence-corrected chi connectivity index (χ1v) is 6.18. The van der Waals surface area contributed by atoms with Gasteiger partial charge in [-0.2, -0.15) is 0 Å². The van der Waals surface area contributed by atoms with Gasteiger partial charge in [-0.1, -0.05) is 33.6 Å². The van der Waals surface area contributed by atoms with E-state index in [-0.39, 0.29) is 11.3 Å². The predicted molar refractivity (Wildman–Crippen MR) is 64.0 cm³/mol. The molecule has 0 aromatic heterocycles. The van der Waals surface area contributed by atoms with Crippen molar-refractivity contribution in [3.63, 3.8) is 0 Å². The first-order chi connectivity index (χ1) is 7.46. The van der Waals surface area contributed by atoms with Crippen LogP contribution in [0.2, 0.25) is 0 Å². The average Bonchev–Trinajstić information content (AvgIpc) is 2.24. The molecule has 0 heterocycles. The number of ketones is 1. The van der Waals surface area contributed by atoms with Crippen molar-refractivity contribution in [2.24, 2.45) is 17.3 Å². The zero-order chi connectivity index (χ0) is 12.2. The zero-order valence-electron chi connectivity index (χ0n) is 10.6. The molecule has 1 aliphatic carbocycles. The number of carbonyl (C=O) groups excluding carboxylic acids is 2. The first-order valence-electron chi connectivity index (χ1n) is 6.18. The van der Waals surface area contributed by atoms with Crippen molar-refractivity contribution in [1.82, 2.24) is 5.32 Å². The van der Waals surface area contributed by atoms with Crippen molar-refractivity contribution in [2.75, 3.05) is 6.54 Å². The highest BCUT2D eigenvalue weighted by atomic mass is 16.1. The molecular weight excluding hydrogens is 202 g/mol. The minimum absolute atomic E-state index is 0.140. The lowest BCUT2D eigenvalue weighted by Gasteiger charge is -2.34. The van der Waals surface area contributed by atoms with Crippen molar-refractivity contribution in [2.45, 2.75) is 46.5 Å². The quantitative estimate of drug-likeness (QED) is 0.745.